The monoisotopic (exact) mass is 308 g/mol. The summed E-state index contributed by atoms with van der Waals surface area (Å²) in [6.07, 6.45) is 1.71. The zero-order chi connectivity index (χ0) is 15.8. The Kier molecular flexibility index (Phi) is 6.48. The van der Waals surface area contributed by atoms with Crippen molar-refractivity contribution in [2.24, 2.45) is 11.7 Å². The van der Waals surface area contributed by atoms with Crippen molar-refractivity contribution < 1.29 is 19.0 Å². The molecule has 1 heterocycles. The maximum atomic E-state index is 12.4. The first-order chi connectivity index (χ1) is 10.8. The van der Waals surface area contributed by atoms with E-state index < -0.39 is 0 Å². The molecule has 0 bridgehead atoms. The molecule has 0 unspecified atom stereocenters. The Morgan fingerprint density at radius 3 is 3.05 bits per heavy atom. The summed E-state index contributed by atoms with van der Waals surface area (Å²) in [5.74, 6) is 1.25. The predicted octanol–water partition coefficient (Wildman–Crippen LogP) is 1.19. The van der Waals surface area contributed by atoms with Gasteiger partial charge in [-0.25, -0.2) is 0 Å². The maximum absolute atomic E-state index is 12.4. The molecule has 1 amide bonds. The van der Waals surface area contributed by atoms with Gasteiger partial charge in [-0.1, -0.05) is 6.07 Å². The van der Waals surface area contributed by atoms with E-state index in [0.29, 0.717) is 49.3 Å². The lowest BCUT2D eigenvalue weighted by atomic mass is 10.1. The molecule has 6 heteroatoms. The van der Waals surface area contributed by atoms with Crippen molar-refractivity contribution in [3.63, 3.8) is 0 Å². The Morgan fingerprint density at radius 2 is 2.36 bits per heavy atom. The summed E-state index contributed by atoms with van der Waals surface area (Å²) < 4.78 is 16.3. The third-order valence-corrected chi connectivity index (χ3v) is 3.61. The van der Waals surface area contributed by atoms with Gasteiger partial charge in [-0.2, -0.15) is 0 Å². The zero-order valence-corrected chi connectivity index (χ0v) is 13.0. The Labute approximate surface area is 130 Å². The average Bonchev–Trinajstić information content (AvgIpc) is 3.06. The minimum absolute atomic E-state index is 0.159. The molecule has 1 aliphatic heterocycles. The maximum Gasteiger partial charge on any atom is 0.255 e. The van der Waals surface area contributed by atoms with Crippen molar-refractivity contribution in [3.05, 3.63) is 23.8 Å². The van der Waals surface area contributed by atoms with E-state index in [1.807, 2.05) is 0 Å². The van der Waals surface area contributed by atoms with Crippen LogP contribution >= 0.6 is 0 Å². The molecule has 1 aromatic rings. The molecule has 6 nitrogen and oxygen atoms in total. The molecular weight excluding hydrogens is 284 g/mol. The van der Waals surface area contributed by atoms with Crippen molar-refractivity contribution in [2.45, 2.75) is 12.8 Å². The normalized spacial score (nSPS) is 17.3. The van der Waals surface area contributed by atoms with Crippen molar-refractivity contribution in [2.75, 3.05) is 40.0 Å². The van der Waals surface area contributed by atoms with Crippen LogP contribution in [0.2, 0.25) is 0 Å². The molecule has 0 aromatic heterocycles. The third kappa shape index (κ3) is 4.35. The van der Waals surface area contributed by atoms with Gasteiger partial charge < -0.3 is 25.3 Å². The minimum atomic E-state index is -0.159. The number of ether oxygens (including phenoxy) is 3. The molecule has 1 fully saturated rings. The van der Waals surface area contributed by atoms with Crippen LogP contribution in [0, 0.1) is 5.92 Å². The van der Waals surface area contributed by atoms with Crippen LogP contribution in [-0.2, 0) is 4.74 Å². The second-order valence-corrected chi connectivity index (χ2v) is 5.27. The Bertz CT molecular complexity index is 487. The van der Waals surface area contributed by atoms with E-state index in [1.54, 1.807) is 25.3 Å². The highest BCUT2D eigenvalue weighted by atomic mass is 16.5. The van der Waals surface area contributed by atoms with Gasteiger partial charge in [0.1, 0.15) is 0 Å². The molecule has 1 atom stereocenters. The topological polar surface area (TPSA) is 82.8 Å². The molecule has 0 aliphatic carbocycles. The van der Waals surface area contributed by atoms with Gasteiger partial charge >= 0.3 is 0 Å². The van der Waals surface area contributed by atoms with E-state index in [-0.39, 0.29) is 5.91 Å². The zero-order valence-electron chi connectivity index (χ0n) is 13.0. The highest BCUT2D eigenvalue weighted by Crippen LogP contribution is 2.31. The summed E-state index contributed by atoms with van der Waals surface area (Å²) in [4.78, 5) is 12.4. The van der Waals surface area contributed by atoms with Gasteiger partial charge in [0.2, 0.25) is 0 Å². The Balaban J connectivity index is 2.04. The van der Waals surface area contributed by atoms with E-state index >= 15 is 0 Å². The van der Waals surface area contributed by atoms with E-state index in [4.69, 9.17) is 19.9 Å². The number of benzene rings is 1. The molecule has 2 rings (SSSR count). The van der Waals surface area contributed by atoms with Crippen LogP contribution in [0.1, 0.15) is 23.2 Å². The van der Waals surface area contributed by atoms with Crippen molar-refractivity contribution in [3.8, 4) is 11.5 Å². The molecule has 1 aromatic carbocycles. The van der Waals surface area contributed by atoms with Crippen LogP contribution in [0.25, 0.3) is 0 Å². The van der Waals surface area contributed by atoms with E-state index in [2.05, 4.69) is 5.32 Å². The summed E-state index contributed by atoms with van der Waals surface area (Å²) in [6.45, 7) is 3.08. The fourth-order valence-electron chi connectivity index (χ4n) is 2.34. The molecule has 22 heavy (non-hydrogen) atoms. The van der Waals surface area contributed by atoms with E-state index in [0.717, 1.165) is 19.4 Å². The van der Waals surface area contributed by atoms with Crippen LogP contribution in [0.15, 0.2) is 18.2 Å². The number of rotatable bonds is 8. The van der Waals surface area contributed by atoms with Gasteiger partial charge in [0.05, 0.1) is 25.9 Å². The summed E-state index contributed by atoms with van der Waals surface area (Å²) in [7, 11) is 1.56. The second-order valence-electron chi connectivity index (χ2n) is 5.27. The number of para-hydroxylation sites is 1. The average molecular weight is 308 g/mol. The van der Waals surface area contributed by atoms with E-state index in [1.165, 1.54) is 0 Å². The smallest absolute Gasteiger partial charge is 0.255 e. The highest BCUT2D eigenvalue weighted by molar-refractivity contribution is 5.97. The van der Waals surface area contributed by atoms with Crippen molar-refractivity contribution >= 4 is 5.91 Å². The molecule has 0 spiro atoms. The largest absolute Gasteiger partial charge is 0.493 e. The number of hydrogen-bond acceptors (Lipinski definition) is 5. The quantitative estimate of drug-likeness (QED) is 0.705. The summed E-state index contributed by atoms with van der Waals surface area (Å²) in [5.41, 5.74) is 5.96. The van der Waals surface area contributed by atoms with Gasteiger partial charge in [-0.15, -0.1) is 0 Å². The van der Waals surface area contributed by atoms with Gasteiger partial charge in [-0.05, 0) is 31.5 Å². The van der Waals surface area contributed by atoms with E-state index in [9.17, 15) is 4.79 Å². The van der Waals surface area contributed by atoms with Gasteiger partial charge in [0.25, 0.3) is 5.91 Å². The Morgan fingerprint density at radius 1 is 1.50 bits per heavy atom. The fourth-order valence-corrected chi connectivity index (χ4v) is 2.34. The number of methoxy groups -OCH3 is 1. The van der Waals surface area contributed by atoms with Gasteiger partial charge in [-0.3, -0.25) is 4.79 Å². The van der Waals surface area contributed by atoms with Gasteiger partial charge in [0, 0.05) is 19.1 Å². The Hall–Kier alpha value is -1.79. The first-order valence-electron chi connectivity index (χ1n) is 7.62. The first kappa shape index (κ1) is 16.6. The summed E-state index contributed by atoms with van der Waals surface area (Å²) in [6, 6.07) is 5.29. The number of amides is 1. The molecule has 0 saturated carbocycles. The lowest BCUT2D eigenvalue weighted by Gasteiger charge is -2.15. The fraction of sp³-hybridized carbons (Fsp3) is 0.562. The lowest BCUT2D eigenvalue weighted by Crippen LogP contribution is -2.30. The van der Waals surface area contributed by atoms with Crippen LogP contribution < -0.4 is 20.5 Å². The SMILES string of the molecule is COc1cccc(C(=O)NC[C@@H]2CCOC2)c1OCCCN. The number of nitrogens with one attached hydrogen (secondary N) is 1. The highest BCUT2D eigenvalue weighted by Gasteiger charge is 2.20. The summed E-state index contributed by atoms with van der Waals surface area (Å²) in [5, 5.41) is 2.94. The van der Waals surface area contributed by atoms with Crippen LogP contribution in [0.3, 0.4) is 0 Å². The standard InChI is InChI=1S/C16H24N2O4/c1-20-14-5-2-4-13(15(14)22-8-3-7-17)16(19)18-10-12-6-9-21-11-12/h2,4-5,12H,3,6-11,17H2,1H3,(H,18,19)/t12-/m0/s1. The molecule has 1 aliphatic rings. The summed E-state index contributed by atoms with van der Waals surface area (Å²) >= 11 is 0. The number of nitrogens with two attached hydrogens (primary N) is 1. The number of hydrogen-bond donors (Lipinski definition) is 2. The van der Waals surface area contributed by atoms with Crippen molar-refractivity contribution in [1.82, 2.24) is 5.32 Å². The van der Waals surface area contributed by atoms with Crippen molar-refractivity contribution in [1.29, 1.82) is 0 Å². The molecule has 122 valence electrons. The molecular formula is C16H24N2O4. The van der Waals surface area contributed by atoms with Crippen LogP contribution in [-0.4, -0.2) is 45.9 Å². The van der Waals surface area contributed by atoms with Crippen LogP contribution in [0.5, 0.6) is 11.5 Å². The lowest BCUT2D eigenvalue weighted by molar-refractivity contribution is 0.0940. The van der Waals surface area contributed by atoms with Crippen LogP contribution in [0.4, 0.5) is 0 Å². The second kappa shape index (κ2) is 8.60. The predicted molar refractivity (Wildman–Crippen MR) is 83.4 cm³/mol. The minimum Gasteiger partial charge on any atom is -0.493 e. The molecule has 3 N–H and O–H groups in total. The molecule has 0 radical (unpaired) electrons. The third-order valence-electron chi connectivity index (χ3n) is 3.61. The van der Waals surface area contributed by atoms with Gasteiger partial charge in [0.15, 0.2) is 11.5 Å². The number of carbonyl (C=O) groups excluding carboxylic acids is 1. The number of carbonyl (C=O) groups is 1. The molecule has 1 saturated heterocycles. The first-order valence-corrected chi connectivity index (χ1v) is 7.62.